The monoisotopic (exact) mass is 294 g/mol. The van der Waals surface area contributed by atoms with Crippen molar-refractivity contribution >= 4 is 15.9 Å². The average molecular weight is 295 g/mol. The van der Waals surface area contributed by atoms with Crippen molar-refractivity contribution in [1.29, 1.82) is 0 Å². The number of likely N-dealkylation sites (tertiary alicyclic amines) is 1. The summed E-state index contributed by atoms with van der Waals surface area (Å²) in [4.78, 5) is 2.64. The SMILES string of the molecule is CC1C2CNCC2CN1Cc1cccc(Br)c1. The first-order chi connectivity index (χ1) is 8.24. The Kier molecular flexibility index (Phi) is 3.24. The van der Waals surface area contributed by atoms with E-state index in [0.29, 0.717) is 6.04 Å². The second kappa shape index (κ2) is 4.71. The molecular formula is C14H19BrN2. The Bertz CT molecular complexity index is 407. The molecule has 0 saturated carbocycles. The average Bonchev–Trinajstić information content (AvgIpc) is 2.84. The predicted octanol–water partition coefficient (Wildman–Crippen LogP) is 2.49. The highest BCUT2D eigenvalue weighted by Gasteiger charge is 2.41. The van der Waals surface area contributed by atoms with Gasteiger partial charge >= 0.3 is 0 Å². The molecule has 1 N–H and O–H groups in total. The van der Waals surface area contributed by atoms with Crippen LogP contribution in [0.3, 0.4) is 0 Å². The van der Waals surface area contributed by atoms with Crippen LogP contribution in [-0.2, 0) is 6.54 Å². The summed E-state index contributed by atoms with van der Waals surface area (Å²) in [6, 6.07) is 9.40. The lowest BCUT2D eigenvalue weighted by Gasteiger charge is -2.24. The quantitative estimate of drug-likeness (QED) is 0.902. The Morgan fingerprint density at radius 3 is 3.06 bits per heavy atom. The van der Waals surface area contributed by atoms with Gasteiger partial charge in [0.25, 0.3) is 0 Å². The Balaban J connectivity index is 1.70. The molecule has 0 bridgehead atoms. The molecule has 2 aliphatic rings. The van der Waals surface area contributed by atoms with Crippen molar-refractivity contribution in [2.45, 2.75) is 19.5 Å². The van der Waals surface area contributed by atoms with Gasteiger partial charge in [0, 0.05) is 23.6 Å². The molecule has 1 aromatic carbocycles. The molecule has 3 heteroatoms. The molecule has 0 amide bonds. The second-order valence-electron chi connectivity index (χ2n) is 5.38. The number of rotatable bonds is 2. The van der Waals surface area contributed by atoms with Crippen LogP contribution in [0.2, 0.25) is 0 Å². The molecule has 2 nitrogen and oxygen atoms in total. The van der Waals surface area contributed by atoms with Crippen molar-refractivity contribution in [1.82, 2.24) is 10.2 Å². The molecule has 0 aliphatic carbocycles. The first kappa shape index (κ1) is 11.7. The van der Waals surface area contributed by atoms with E-state index < -0.39 is 0 Å². The van der Waals surface area contributed by atoms with Gasteiger partial charge in [-0.25, -0.2) is 0 Å². The fourth-order valence-corrected chi connectivity index (χ4v) is 3.78. The zero-order valence-electron chi connectivity index (χ0n) is 10.2. The lowest BCUT2D eigenvalue weighted by molar-refractivity contribution is 0.231. The zero-order chi connectivity index (χ0) is 11.8. The second-order valence-corrected chi connectivity index (χ2v) is 6.30. The lowest BCUT2D eigenvalue weighted by atomic mass is 9.95. The van der Waals surface area contributed by atoms with Crippen molar-refractivity contribution in [3.05, 3.63) is 34.3 Å². The third kappa shape index (κ3) is 2.28. The third-order valence-corrected chi connectivity index (χ3v) is 4.82. The summed E-state index contributed by atoms with van der Waals surface area (Å²) in [6.07, 6.45) is 0. The van der Waals surface area contributed by atoms with Crippen LogP contribution < -0.4 is 5.32 Å². The minimum absolute atomic E-state index is 0.717. The van der Waals surface area contributed by atoms with Gasteiger partial charge in [-0.05, 0) is 49.5 Å². The number of fused-ring (bicyclic) bond motifs is 1. The Hall–Kier alpha value is -0.380. The van der Waals surface area contributed by atoms with E-state index in [4.69, 9.17) is 0 Å². The molecule has 3 unspecified atom stereocenters. The number of hydrogen-bond acceptors (Lipinski definition) is 2. The maximum absolute atomic E-state index is 3.55. The van der Waals surface area contributed by atoms with E-state index >= 15 is 0 Å². The normalized spacial score (nSPS) is 32.9. The highest BCUT2D eigenvalue weighted by molar-refractivity contribution is 9.10. The van der Waals surface area contributed by atoms with E-state index in [0.717, 1.165) is 18.4 Å². The molecule has 1 aromatic rings. The number of nitrogens with zero attached hydrogens (tertiary/aromatic N) is 1. The van der Waals surface area contributed by atoms with E-state index in [1.165, 1.54) is 29.7 Å². The minimum atomic E-state index is 0.717. The largest absolute Gasteiger partial charge is 0.316 e. The van der Waals surface area contributed by atoms with Crippen molar-refractivity contribution in [3.8, 4) is 0 Å². The molecule has 0 radical (unpaired) electrons. The first-order valence-corrected chi connectivity index (χ1v) is 7.22. The summed E-state index contributed by atoms with van der Waals surface area (Å²) in [7, 11) is 0. The fraction of sp³-hybridized carbons (Fsp3) is 0.571. The maximum Gasteiger partial charge on any atom is 0.0237 e. The zero-order valence-corrected chi connectivity index (χ0v) is 11.8. The molecule has 3 rings (SSSR count). The van der Waals surface area contributed by atoms with Crippen molar-refractivity contribution in [2.24, 2.45) is 11.8 Å². The van der Waals surface area contributed by atoms with E-state index in [9.17, 15) is 0 Å². The van der Waals surface area contributed by atoms with Crippen molar-refractivity contribution in [3.63, 3.8) is 0 Å². The predicted molar refractivity (Wildman–Crippen MR) is 73.9 cm³/mol. The van der Waals surface area contributed by atoms with Crippen LogP contribution >= 0.6 is 15.9 Å². The van der Waals surface area contributed by atoms with E-state index in [-0.39, 0.29) is 0 Å². The van der Waals surface area contributed by atoms with E-state index in [1.54, 1.807) is 0 Å². The standard InChI is InChI=1S/C14H19BrN2/c1-10-14-7-16-6-12(14)9-17(10)8-11-3-2-4-13(15)5-11/h2-5,10,12,14,16H,6-9H2,1H3. The van der Waals surface area contributed by atoms with Crippen LogP contribution in [0.15, 0.2) is 28.7 Å². The van der Waals surface area contributed by atoms with E-state index in [1.807, 2.05) is 0 Å². The van der Waals surface area contributed by atoms with Gasteiger partial charge in [-0.15, -0.1) is 0 Å². The molecule has 0 spiro atoms. The third-order valence-electron chi connectivity index (χ3n) is 4.33. The molecule has 2 fully saturated rings. The molecule has 2 heterocycles. The van der Waals surface area contributed by atoms with Crippen LogP contribution in [-0.4, -0.2) is 30.6 Å². The summed E-state index contributed by atoms with van der Waals surface area (Å²) in [5.74, 6) is 1.74. The van der Waals surface area contributed by atoms with Gasteiger partial charge in [-0.3, -0.25) is 4.90 Å². The summed E-state index contributed by atoms with van der Waals surface area (Å²) in [5.41, 5.74) is 1.42. The summed E-state index contributed by atoms with van der Waals surface area (Å²) in [6.45, 7) is 7.15. The fourth-order valence-electron chi connectivity index (χ4n) is 3.33. The van der Waals surface area contributed by atoms with Crippen LogP contribution in [0.25, 0.3) is 0 Å². The Morgan fingerprint density at radius 2 is 2.29 bits per heavy atom. The topological polar surface area (TPSA) is 15.3 Å². The first-order valence-electron chi connectivity index (χ1n) is 6.43. The van der Waals surface area contributed by atoms with Crippen LogP contribution in [0.5, 0.6) is 0 Å². The Labute approximate surface area is 112 Å². The molecule has 17 heavy (non-hydrogen) atoms. The summed E-state index contributed by atoms with van der Waals surface area (Å²) < 4.78 is 1.18. The maximum atomic E-state index is 3.55. The molecule has 3 atom stereocenters. The van der Waals surface area contributed by atoms with Gasteiger partial charge in [0.1, 0.15) is 0 Å². The van der Waals surface area contributed by atoms with Gasteiger partial charge in [-0.2, -0.15) is 0 Å². The van der Waals surface area contributed by atoms with Gasteiger partial charge in [0.2, 0.25) is 0 Å². The van der Waals surface area contributed by atoms with E-state index in [2.05, 4.69) is 57.3 Å². The van der Waals surface area contributed by atoms with Crippen LogP contribution in [0, 0.1) is 11.8 Å². The molecular weight excluding hydrogens is 276 g/mol. The molecule has 0 aromatic heterocycles. The number of halogens is 1. The number of hydrogen-bond donors (Lipinski definition) is 1. The summed E-state index contributed by atoms with van der Waals surface area (Å²) in [5, 5.41) is 3.51. The highest BCUT2D eigenvalue weighted by atomic mass is 79.9. The minimum Gasteiger partial charge on any atom is -0.316 e. The molecule has 2 aliphatic heterocycles. The van der Waals surface area contributed by atoms with Crippen LogP contribution in [0.4, 0.5) is 0 Å². The summed E-state index contributed by atoms with van der Waals surface area (Å²) >= 11 is 3.55. The van der Waals surface area contributed by atoms with Gasteiger partial charge in [0.05, 0.1) is 0 Å². The van der Waals surface area contributed by atoms with Gasteiger partial charge in [0.15, 0.2) is 0 Å². The molecule has 2 saturated heterocycles. The van der Waals surface area contributed by atoms with Crippen molar-refractivity contribution in [2.75, 3.05) is 19.6 Å². The smallest absolute Gasteiger partial charge is 0.0237 e. The number of benzene rings is 1. The highest BCUT2D eigenvalue weighted by Crippen LogP contribution is 2.33. The van der Waals surface area contributed by atoms with Crippen molar-refractivity contribution < 1.29 is 0 Å². The van der Waals surface area contributed by atoms with Crippen LogP contribution in [0.1, 0.15) is 12.5 Å². The van der Waals surface area contributed by atoms with Gasteiger partial charge < -0.3 is 5.32 Å². The van der Waals surface area contributed by atoms with Gasteiger partial charge in [-0.1, -0.05) is 28.1 Å². The number of nitrogens with one attached hydrogen (secondary N) is 1. The lowest BCUT2D eigenvalue weighted by Crippen LogP contribution is -2.32. The Morgan fingerprint density at radius 1 is 1.41 bits per heavy atom. The molecule has 92 valence electrons.